The van der Waals surface area contributed by atoms with E-state index in [1.165, 1.54) is 11.8 Å². The zero-order chi connectivity index (χ0) is 37.4. The quantitative estimate of drug-likeness (QED) is 0.111. The predicted molar refractivity (Wildman–Crippen MR) is 209 cm³/mol. The van der Waals surface area contributed by atoms with Crippen LogP contribution in [0.15, 0.2) is 128 Å². The molecule has 5 aromatic rings. The highest BCUT2D eigenvalue weighted by Crippen LogP contribution is 2.40. The summed E-state index contributed by atoms with van der Waals surface area (Å²) in [5.41, 5.74) is 5.24. The molecule has 2 amide bonds. The van der Waals surface area contributed by atoms with Crippen molar-refractivity contribution in [2.24, 2.45) is 5.92 Å². The number of rotatable bonds is 15. The van der Waals surface area contributed by atoms with E-state index in [0.29, 0.717) is 25.1 Å². The lowest BCUT2D eigenvalue weighted by Gasteiger charge is -2.39. The molecule has 0 saturated carbocycles. The second-order valence-electron chi connectivity index (χ2n) is 13.8. The Morgan fingerprint density at radius 3 is 1.92 bits per heavy atom. The molecule has 1 aliphatic rings. The SMILES string of the molecule is CSCCC(NC(=O)C1Cc2ccccc2CN1C(=O)[C@@H](NCc1cn(C(c2ccccc2)(c2ccccc2)c2ccccc2)cn1)C(C)C)C(=O)O. The second kappa shape index (κ2) is 17.1. The molecule has 0 saturated heterocycles. The van der Waals surface area contributed by atoms with E-state index in [1.807, 2.05) is 111 Å². The molecule has 2 unspecified atom stereocenters. The van der Waals surface area contributed by atoms with Crippen LogP contribution in [0.4, 0.5) is 0 Å². The van der Waals surface area contributed by atoms with Crippen LogP contribution in [-0.2, 0) is 39.4 Å². The van der Waals surface area contributed by atoms with Gasteiger partial charge < -0.3 is 19.9 Å². The molecular formula is C43H47N5O4S. The molecule has 0 bridgehead atoms. The lowest BCUT2D eigenvalue weighted by molar-refractivity contribution is -0.146. The van der Waals surface area contributed by atoms with E-state index in [1.54, 1.807) is 4.90 Å². The van der Waals surface area contributed by atoms with Crippen molar-refractivity contribution in [2.45, 2.75) is 63.4 Å². The lowest BCUT2D eigenvalue weighted by Crippen LogP contribution is -2.59. The van der Waals surface area contributed by atoms with Crippen LogP contribution in [-0.4, -0.2) is 67.5 Å². The van der Waals surface area contributed by atoms with E-state index in [9.17, 15) is 19.5 Å². The summed E-state index contributed by atoms with van der Waals surface area (Å²) in [6.45, 7) is 4.53. The number of amides is 2. The number of carbonyl (C=O) groups excluding carboxylic acids is 2. The van der Waals surface area contributed by atoms with Gasteiger partial charge in [-0.2, -0.15) is 11.8 Å². The first-order valence-corrected chi connectivity index (χ1v) is 19.5. The van der Waals surface area contributed by atoms with E-state index >= 15 is 0 Å². The Bertz CT molecular complexity index is 1890. The Labute approximate surface area is 315 Å². The molecule has 1 aliphatic heterocycles. The van der Waals surface area contributed by atoms with E-state index in [0.717, 1.165) is 33.5 Å². The number of hydrogen-bond donors (Lipinski definition) is 3. The van der Waals surface area contributed by atoms with Gasteiger partial charge in [-0.3, -0.25) is 14.9 Å². The summed E-state index contributed by atoms with van der Waals surface area (Å²) in [5, 5.41) is 16.1. The third-order valence-corrected chi connectivity index (χ3v) is 10.7. The molecule has 0 fully saturated rings. The number of imidazole rings is 1. The number of hydrogen-bond acceptors (Lipinski definition) is 6. The van der Waals surface area contributed by atoms with Crippen LogP contribution in [0.3, 0.4) is 0 Å². The average Bonchev–Trinajstić information content (AvgIpc) is 3.66. The largest absolute Gasteiger partial charge is 0.480 e. The van der Waals surface area contributed by atoms with E-state index in [4.69, 9.17) is 4.98 Å². The maximum Gasteiger partial charge on any atom is 0.326 e. The molecule has 1 aromatic heterocycles. The first-order valence-electron chi connectivity index (χ1n) is 18.1. The molecule has 0 radical (unpaired) electrons. The molecule has 6 rings (SSSR count). The Morgan fingerprint density at radius 1 is 0.849 bits per heavy atom. The fourth-order valence-electron chi connectivity index (χ4n) is 7.37. The van der Waals surface area contributed by atoms with Crippen LogP contribution < -0.4 is 10.6 Å². The molecule has 0 aliphatic carbocycles. The van der Waals surface area contributed by atoms with Gasteiger partial charge in [0.25, 0.3) is 0 Å². The van der Waals surface area contributed by atoms with Crippen LogP contribution in [0.1, 0.15) is 53.8 Å². The molecule has 53 heavy (non-hydrogen) atoms. The Hall–Kier alpha value is -5.19. The summed E-state index contributed by atoms with van der Waals surface area (Å²) < 4.78 is 2.15. The number of carbonyl (C=O) groups is 3. The van der Waals surface area contributed by atoms with Gasteiger partial charge in [0, 0.05) is 25.7 Å². The minimum atomic E-state index is -1.08. The van der Waals surface area contributed by atoms with Crippen molar-refractivity contribution < 1.29 is 19.5 Å². The Balaban J connectivity index is 1.29. The average molecular weight is 730 g/mol. The van der Waals surface area contributed by atoms with Crippen molar-refractivity contribution in [3.63, 3.8) is 0 Å². The maximum atomic E-state index is 14.5. The molecular weight excluding hydrogens is 683 g/mol. The lowest BCUT2D eigenvalue weighted by atomic mass is 9.77. The molecule has 9 nitrogen and oxygen atoms in total. The molecule has 3 atom stereocenters. The van der Waals surface area contributed by atoms with Gasteiger partial charge in [0.2, 0.25) is 11.8 Å². The highest BCUT2D eigenvalue weighted by Gasteiger charge is 2.40. The fraction of sp³-hybridized carbons (Fsp3) is 0.302. The Kier molecular flexibility index (Phi) is 12.1. The number of thioether (sulfide) groups is 1. The fourth-order valence-corrected chi connectivity index (χ4v) is 7.85. The van der Waals surface area contributed by atoms with Gasteiger partial charge in [-0.05, 0) is 52.2 Å². The van der Waals surface area contributed by atoms with Gasteiger partial charge >= 0.3 is 5.97 Å². The van der Waals surface area contributed by atoms with Crippen molar-refractivity contribution in [3.8, 4) is 0 Å². The number of carboxylic acid groups (broad SMARTS) is 1. The van der Waals surface area contributed by atoms with E-state index in [-0.39, 0.29) is 18.4 Å². The van der Waals surface area contributed by atoms with Gasteiger partial charge in [0.1, 0.15) is 17.6 Å². The number of carboxylic acids is 1. The third kappa shape index (κ3) is 8.09. The summed E-state index contributed by atoms with van der Waals surface area (Å²) in [6, 6.07) is 36.4. The monoisotopic (exact) mass is 729 g/mol. The number of aliphatic carboxylic acids is 1. The van der Waals surface area contributed by atoms with Crippen molar-refractivity contribution in [1.29, 1.82) is 0 Å². The van der Waals surface area contributed by atoms with Crippen LogP contribution in [0.2, 0.25) is 0 Å². The topological polar surface area (TPSA) is 117 Å². The van der Waals surface area contributed by atoms with Gasteiger partial charge in [-0.15, -0.1) is 0 Å². The summed E-state index contributed by atoms with van der Waals surface area (Å²) in [4.78, 5) is 46.9. The zero-order valence-electron chi connectivity index (χ0n) is 30.4. The first kappa shape index (κ1) is 37.6. The molecule has 2 heterocycles. The van der Waals surface area contributed by atoms with Gasteiger partial charge in [-0.1, -0.05) is 129 Å². The molecule has 274 valence electrons. The molecule has 10 heteroatoms. The molecule has 0 spiro atoms. The van der Waals surface area contributed by atoms with Crippen molar-refractivity contribution >= 4 is 29.5 Å². The smallest absolute Gasteiger partial charge is 0.326 e. The first-order chi connectivity index (χ1) is 25.7. The number of nitrogens with one attached hydrogen (secondary N) is 2. The normalized spacial score (nSPS) is 15.4. The van der Waals surface area contributed by atoms with E-state index in [2.05, 4.69) is 51.6 Å². The van der Waals surface area contributed by atoms with Crippen molar-refractivity contribution in [2.75, 3.05) is 12.0 Å². The summed E-state index contributed by atoms with van der Waals surface area (Å²) in [7, 11) is 0. The minimum absolute atomic E-state index is 0.115. The van der Waals surface area contributed by atoms with Crippen LogP contribution in [0, 0.1) is 5.92 Å². The van der Waals surface area contributed by atoms with Crippen LogP contribution in [0.25, 0.3) is 0 Å². The van der Waals surface area contributed by atoms with Crippen LogP contribution in [0.5, 0.6) is 0 Å². The predicted octanol–water partition coefficient (Wildman–Crippen LogP) is 6.11. The van der Waals surface area contributed by atoms with Crippen LogP contribution >= 0.6 is 11.8 Å². The summed E-state index contributed by atoms with van der Waals surface area (Å²) in [5.74, 6) is -1.28. The second-order valence-corrected chi connectivity index (χ2v) is 14.8. The third-order valence-electron chi connectivity index (χ3n) is 10.1. The number of nitrogens with zero attached hydrogens (tertiary/aromatic N) is 3. The standard InChI is InChI=1S/C43H47N5O4S/c1-30(2)39(41(50)48-27-32-16-14-13-15-31(32)25-38(48)40(49)46-37(42(51)52)23-24-53-3)44-26-36-28-47(29-45-36)43(33-17-7-4-8-18-33,34-19-9-5-10-20-34)35-21-11-6-12-22-35/h4-22,28-30,37-39,44H,23-27H2,1-3H3,(H,46,49)(H,51,52)/t37?,38?,39-/m0/s1. The maximum absolute atomic E-state index is 14.5. The number of aromatic nitrogens is 2. The van der Waals surface area contributed by atoms with Gasteiger partial charge in [0.15, 0.2) is 0 Å². The highest BCUT2D eigenvalue weighted by atomic mass is 32.2. The highest BCUT2D eigenvalue weighted by molar-refractivity contribution is 7.98. The van der Waals surface area contributed by atoms with Gasteiger partial charge in [-0.25, -0.2) is 9.78 Å². The molecule has 3 N–H and O–H groups in total. The van der Waals surface area contributed by atoms with E-state index < -0.39 is 35.5 Å². The van der Waals surface area contributed by atoms with Gasteiger partial charge in [0.05, 0.1) is 18.1 Å². The zero-order valence-corrected chi connectivity index (χ0v) is 31.2. The minimum Gasteiger partial charge on any atom is -0.480 e. The number of fused-ring (bicyclic) bond motifs is 1. The summed E-state index contributed by atoms with van der Waals surface area (Å²) in [6.07, 6.45) is 6.39. The Morgan fingerprint density at radius 2 is 1.40 bits per heavy atom. The molecule has 4 aromatic carbocycles. The summed E-state index contributed by atoms with van der Waals surface area (Å²) >= 11 is 1.52. The van der Waals surface area contributed by atoms with Crippen molar-refractivity contribution in [3.05, 3.63) is 161 Å². The number of benzene rings is 4. The van der Waals surface area contributed by atoms with Crippen molar-refractivity contribution in [1.82, 2.24) is 25.1 Å².